The van der Waals surface area contributed by atoms with E-state index in [1.54, 1.807) is 19.1 Å². The normalized spacial score (nSPS) is 14.1. The van der Waals surface area contributed by atoms with Crippen LogP contribution in [-0.4, -0.2) is 55.3 Å². The number of carbonyl (C=O) groups excluding carboxylic acids is 2. The molecule has 0 spiro atoms. The Bertz CT molecular complexity index is 248. The zero-order valence-electron chi connectivity index (χ0n) is 10.2. The van der Waals surface area contributed by atoms with Crippen LogP contribution in [0.25, 0.3) is 0 Å². The summed E-state index contributed by atoms with van der Waals surface area (Å²) in [6, 6.07) is -0.612. The van der Waals surface area contributed by atoms with Gasteiger partial charge in [0.15, 0.2) is 0 Å². The minimum absolute atomic E-state index is 0.0337. The lowest BCUT2D eigenvalue weighted by Gasteiger charge is -2.28. The van der Waals surface area contributed by atoms with Crippen molar-refractivity contribution in [3.63, 3.8) is 0 Å². The molecule has 0 aromatic carbocycles. The van der Waals surface area contributed by atoms with Crippen molar-refractivity contribution in [3.8, 4) is 0 Å². The first-order valence-corrected chi connectivity index (χ1v) is 5.70. The first-order valence-electron chi connectivity index (χ1n) is 5.07. The first-order chi connectivity index (χ1) is 7.43. The molecule has 0 rings (SSSR count). The Morgan fingerprint density at radius 3 is 2.44 bits per heavy atom. The second-order valence-corrected chi connectivity index (χ2v) is 4.05. The van der Waals surface area contributed by atoms with E-state index in [2.05, 4.69) is 17.9 Å². The Morgan fingerprint density at radius 2 is 2.06 bits per heavy atom. The van der Waals surface area contributed by atoms with Crippen molar-refractivity contribution in [1.82, 2.24) is 10.2 Å². The molecule has 0 saturated carbocycles. The van der Waals surface area contributed by atoms with Crippen molar-refractivity contribution < 1.29 is 14.3 Å². The van der Waals surface area contributed by atoms with E-state index in [-0.39, 0.29) is 23.6 Å². The molecule has 0 aliphatic carbocycles. The van der Waals surface area contributed by atoms with Gasteiger partial charge in [-0.05, 0) is 6.92 Å². The molecule has 0 heterocycles. The zero-order chi connectivity index (χ0) is 12.7. The van der Waals surface area contributed by atoms with Crippen LogP contribution in [0.4, 0.5) is 0 Å². The van der Waals surface area contributed by atoms with Crippen LogP contribution >= 0.6 is 12.6 Å². The summed E-state index contributed by atoms with van der Waals surface area (Å²) in [7, 11) is 3.27. The van der Waals surface area contributed by atoms with E-state index in [1.807, 2.05) is 6.92 Å². The van der Waals surface area contributed by atoms with Gasteiger partial charge in [0.1, 0.15) is 6.04 Å². The van der Waals surface area contributed by atoms with E-state index in [0.717, 1.165) is 0 Å². The number of likely N-dealkylation sites (N-methyl/N-ethyl adjacent to an activating group) is 1. The highest BCUT2D eigenvalue weighted by molar-refractivity contribution is 7.80. The van der Waals surface area contributed by atoms with Crippen LogP contribution in [0, 0.1) is 0 Å². The van der Waals surface area contributed by atoms with Gasteiger partial charge in [-0.25, -0.2) is 0 Å². The maximum absolute atomic E-state index is 11.9. The van der Waals surface area contributed by atoms with E-state index in [9.17, 15) is 9.59 Å². The van der Waals surface area contributed by atoms with Gasteiger partial charge in [0.05, 0.1) is 12.6 Å². The fourth-order valence-corrected chi connectivity index (χ4v) is 1.49. The van der Waals surface area contributed by atoms with Crippen LogP contribution < -0.4 is 5.32 Å². The molecule has 2 amide bonds. The van der Waals surface area contributed by atoms with E-state index >= 15 is 0 Å². The van der Waals surface area contributed by atoms with E-state index < -0.39 is 6.04 Å². The van der Waals surface area contributed by atoms with Gasteiger partial charge in [-0.1, -0.05) is 0 Å². The van der Waals surface area contributed by atoms with Crippen molar-refractivity contribution in [2.45, 2.75) is 25.9 Å². The number of nitrogens with zero attached hydrogens (tertiary/aromatic N) is 1. The van der Waals surface area contributed by atoms with Gasteiger partial charge in [0.25, 0.3) is 0 Å². The number of thiol groups is 1. The number of hydrogen-bond donors (Lipinski definition) is 2. The summed E-state index contributed by atoms with van der Waals surface area (Å²) in [6.45, 7) is 3.72. The smallest absolute Gasteiger partial charge is 0.246 e. The second-order valence-electron chi connectivity index (χ2n) is 3.69. The van der Waals surface area contributed by atoms with Crippen molar-refractivity contribution in [2.24, 2.45) is 0 Å². The number of amides is 2. The SMILES string of the molecule is COCC(C)N(C)C(=O)C(CS)NC(C)=O. The summed E-state index contributed by atoms with van der Waals surface area (Å²) in [5, 5.41) is 2.56. The Labute approximate surface area is 102 Å². The Morgan fingerprint density at radius 1 is 1.50 bits per heavy atom. The summed E-state index contributed by atoms with van der Waals surface area (Å²) < 4.78 is 4.97. The van der Waals surface area contributed by atoms with E-state index in [0.29, 0.717) is 6.61 Å². The molecule has 0 aliphatic rings. The number of methoxy groups -OCH3 is 1. The number of ether oxygens (including phenoxy) is 1. The number of carbonyl (C=O) groups is 2. The zero-order valence-corrected chi connectivity index (χ0v) is 11.1. The number of rotatable bonds is 6. The Hall–Kier alpha value is -0.750. The fraction of sp³-hybridized carbons (Fsp3) is 0.800. The first kappa shape index (κ1) is 15.2. The molecule has 5 nitrogen and oxygen atoms in total. The number of hydrogen-bond acceptors (Lipinski definition) is 4. The topological polar surface area (TPSA) is 58.6 Å². The van der Waals surface area contributed by atoms with Crippen LogP contribution in [0.3, 0.4) is 0 Å². The molecule has 0 aromatic rings. The molecular formula is C10H20N2O3S. The molecule has 0 bridgehead atoms. The lowest BCUT2D eigenvalue weighted by Crippen LogP contribution is -2.51. The molecule has 2 atom stereocenters. The summed E-state index contributed by atoms with van der Waals surface area (Å²) in [5.41, 5.74) is 0. The molecule has 0 aliphatic heterocycles. The molecule has 6 heteroatoms. The molecular weight excluding hydrogens is 228 g/mol. The van der Waals surface area contributed by atoms with Gasteiger partial charge >= 0.3 is 0 Å². The summed E-state index contributed by atoms with van der Waals surface area (Å²) in [6.07, 6.45) is 0. The highest BCUT2D eigenvalue weighted by Gasteiger charge is 2.24. The van der Waals surface area contributed by atoms with Crippen molar-refractivity contribution in [2.75, 3.05) is 26.5 Å². The average Bonchev–Trinajstić information content (AvgIpc) is 2.23. The maximum atomic E-state index is 11.9. The lowest BCUT2D eigenvalue weighted by atomic mass is 10.2. The quantitative estimate of drug-likeness (QED) is 0.646. The van der Waals surface area contributed by atoms with Crippen molar-refractivity contribution >= 4 is 24.4 Å². The van der Waals surface area contributed by atoms with Gasteiger partial charge in [-0.2, -0.15) is 12.6 Å². The molecule has 1 N–H and O–H groups in total. The van der Waals surface area contributed by atoms with Gasteiger partial charge in [0, 0.05) is 26.8 Å². The third kappa shape index (κ3) is 4.85. The van der Waals surface area contributed by atoms with Crippen LogP contribution in [0.5, 0.6) is 0 Å². The van der Waals surface area contributed by atoms with Crippen molar-refractivity contribution in [3.05, 3.63) is 0 Å². The fourth-order valence-electron chi connectivity index (χ4n) is 1.25. The van der Waals surface area contributed by atoms with Gasteiger partial charge in [-0.15, -0.1) is 0 Å². The predicted molar refractivity (Wildman–Crippen MR) is 65.6 cm³/mol. The average molecular weight is 248 g/mol. The van der Waals surface area contributed by atoms with Crippen LogP contribution in [-0.2, 0) is 14.3 Å². The Kier molecular flexibility index (Phi) is 7.16. The molecule has 0 aromatic heterocycles. The summed E-state index contributed by atoms with van der Waals surface area (Å²) in [4.78, 5) is 24.4. The molecule has 94 valence electrons. The Balaban J connectivity index is 4.43. The van der Waals surface area contributed by atoms with Crippen molar-refractivity contribution in [1.29, 1.82) is 0 Å². The van der Waals surface area contributed by atoms with E-state index in [4.69, 9.17) is 4.74 Å². The molecule has 0 fully saturated rings. The summed E-state index contributed by atoms with van der Waals surface area (Å²) >= 11 is 4.05. The van der Waals surface area contributed by atoms with Crippen LogP contribution in [0.1, 0.15) is 13.8 Å². The lowest BCUT2D eigenvalue weighted by molar-refractivity contribution is -0.136. The largest absolute Gasteiger partial charge is 0.383 e. The van der Waals surface area contributed by atoms with Gasteiger partial charge in [0.2, 0.25) is 11.8 Å². The standard InChI is InChI=1S/C10H20N2O3S/c1-7(5-15-4)12(3)10(14)9(6-16)11-8(2)13/h7,9,16H,5-6H2,1-4H3,(H,11,13). The highest BCUT2D eigenvalue weighted by Crippen LogP contribution is 2.01. The maximum Gasteiger partial charge on any atom is 0.246 e. The minimum Gasteiger partial charge on any atom is -0.383 e. The number of nitrogens with one attached hydrogen (secondary N) is 1. The van der Waals surface area contributed by atoms with E-state index in [1.165, 1.54) is 6.92 Å². The highest BCUT2D eigenvalue weighted by atomic mass is 32.1. The molecule has 0 radical (unpaired) electrons. The second kappa shape index (κ2) is 7.51. The van der Waals surface area contributed by atoms with Gasteiger partial charge in [-0.3, -0.25) is 9.59 Å². The van der Waals surface area contributed by atoms with Crippen LogP contribution in [0.15, 0.2) is 0 Å². The predicted octanol–water partition coefficient (Wildman–Crippen LogP) is -0.0858. The third-order valence-electron chi connectivity index (χ3n) is 2.27. The summed E-state index contributed by atoms with van der Waals surface area (Å²) in [5.74, 6) is -0.113. The third-order valence-corrected chi connectivity index (χ3v) is 2.64. The monoisotopic (exact) mass is 248 g/mol. The van der Waals surface area contributed by atoms with Gasteiger partial charge < -0.3 is 15.0 Å². The molecule has 16 heavy (non-hydrogen) atoms. The van der Waals surface area contributed by atoms with Crippen LogP contribution in [0.2, 0.25) is 0 Å². The molecule has 2 unspecified atom stereocenters. The molecule has 0 saturated heterocycles. The minimum atomic E-state index is -0.579.